The quantitative estimate of drug-likeness (QED) is 0.766. The van der Waals surface area contributed by atoms with Gasteiger partial charge in [0, 0.05) is 19.6 Å². The molecule has 0 aliphatic carbocycles. The molecule has 28 heavy (non-hydrogen) atoms. The third-order valence-electron chi connectivity index (χ3n) is 4.88. The average Bonchev–Trinajstić information content (AvgIpc) is 2.68. The number of nitrogens with zero attached hydrogens (tertiary/aromatic N) is 2. The second-order valence-corrected chi connectivity index (χ2v) is 9.11. The lowest BCUT2D eigenvalue weighted by molar-refractivity contribution is 0.0166. The number of aryl methyl sites for hydroxylation is 2. The van der Waals surface area contributed by atoms with Crippen LogP contribution in [0, 0.1) is 13.8 Å². The van der Waals surface area contributed by atoms with Crippen molar-refractivity contribution in [3.8, 4) is 0 Å². The zero-order chi connectivity index (χ0) is 20.1. The highest BCUT2D eigenvalue weighted by Crippen LogP contribution is 2.25. The van der Waals surface area contributed by atoms with E-state index >= 15 is 0 Å². The minimum Gasteiger partial charge on any atom is -0.390 e. The topological polar surface area (TPSA) is 70.1 Å². The van der Waals surface area contributed by atoms with E-state index in [-0.39, 0.29) is 11.4 Å². The molecule has 7 heteroatoms. The van der Waals surface area contributed by atoms with Crippen molar-refractivity contribution in [3.63, 3.8) is 0 Å². The lowest BCUT2D eigenvalue weighted by Gasteiger charge is -2.31. The lowest BCUT2D eigenvalue weighted by Crippen LogP contribution is -2.46. The highest BCUT2D eigenvalue weighted by atomic mass is 32.2. The molecule has 1 aliphatic rings. The number of anilines is 1. The van der Waals surface area contributed by atoms with Gasteiger partial charge in [-0.05, 0) is 38.1 Å². The summed E-state index contributed by atoms with van der Waals surface area (Å²) in [7, 11) is -3.79. The molecule has 2 aromatic carbocycles. The normalized spacial score (nSPS) is 16.7. The van der Waals surface area contributed by atoms with Gasteiger partial charge in [-0.2, -0.15) is 0 Å². The van der Waals surface area contributed by atoms with Crippen LogP contribution in [0.3, 0.4) is 0 Å². The Morgan fingerprint density at radius 3 is 2.11 bits per heavy atom. The number of hydrogen-bond acceptors (Lipinski definition) is 5. The van der Waals surface area contributed by atoms with E-state index in [0.29, 0.717) is 25.4 Å². The van der Waals surface area contributed by atoms with Crippen LogP contribution in [0.4, 0.5) is 5.69 Å². The third-order valence-corrected chi connectivity index (χ3v) is 6.69. The van der Waals surface area contributed by atoms with Gasteiger partial charge < -0.3 is 9.84 Å². The fourth-order valence-corrected chi connectivity index (χ4v) is 4.72. The minimum atomic E-state index is -3.79. The molecule has 0 aromatic heterocycles. The van der Waals surface area contributed by atoms with Crippen molar-refractivity contribution < 1.29 is 18.3 Å². The van der Waals surface area contributed by atoms with Crippen molar-refractivity contribution in [2.75, 3.05) is 43.7 Å². The van der Waals surface area contributed by atoms with Crippen LogP contribution in [-0.2, 0) is 14.8 Å². The van der Waals surface area contributed by atoms with Crippen LogP contribution < -0.4 is 4.31 Å². The predicted octanol–water partition coefficient (Wildman–Crippen LogP) is 2.19. The highest BCUT2D eigenvalue weighted by Gasteiger charge is 2.28. The molecule has 0 spiro atoms. The summed E-state index contributed by atoms with van der Waals surface area (Å²) < 4.78 is 33.3. The van der Waals surface area contributed by atoms with Crippen molar-refractivity contribution in [2.45, 2.75) is 24.8 Å². The van der Waals surface area contributed by atoms with Gasteiger partial charge >= 0.3 is 0 Å². The number of ether oxygens (including phenoxy) is 1. The number of morpholine rings is 1. The molecule has 152 valence electrons. The molecule has 1 fully saturated rings. The molecule has 3 rings (SSSR count). The Balaban J connectivity index is 1.86. The summed E-state index contributed by atoms with van der Waals surface area (Å²) in [5, 5.41) is 10.7. The average molecular weight is 405 g/mol. The molecule has 1 unspecified atom stereocenters. The van der Waals surface area contributed by atoms with Crippen LogP contribution in [0.15, 0.2) is 53.4 Å². The van der Waals surface area contributed by atoms with Crippen molar-refractivity contribution in [3.05, 3.63) is 59.7 Å². The largest absolute Gasteiger partial charge is 0.390 e. The Morgan fingerprint density at radius 1 is 1.00 bits per heavy atom. The van der Waals surface area contributed by atoms with Gasteiger partial charge in [0.2, 0.25) is 0 Å². The second-order valence-electron chi connectivity index (χ2n) is 7.25. The predicted molar refractivity (Wildman–Crippen MR) is 110 cm³/mol. The molecule has 1 atom stereocenters. The van der Waals surface area contributed by atoms with E-state index in [1.54, 1.807) is 36.4 Å². The van der Waals surface area contributed by atoms with Crippen LogP contribution in [0.2, 0.25) is 0 Å². The first kappa shape index (κ1) is 20.8. The minimum absolute atomic E-state index is 0.00335. The standard InChI is InChI=1S/C21H28N2O4S/c1-17-3-7-19(8-4-17)23(16-20(24)15-22-11-13-27-14-12-22)28(25,26)21-9-5-18(2)6-10-21/h3-10,20,24H,11-16H2,1-2H3. The summed E-state index contributed by atoms with van der Waals surface area (Å²) in [6, 6.07) is 14.1. The molecule has 1 aliphatic heterocycles. The first-order valence-corrected chi connectivity index (χ1v) is 10.9. The molecule has 2 aromatic rings. The summed E-state index contributed by atoms with van der Waals surface area (Å²) in [4.78, 5) is 2.32. The van der Waals surface area contributed by atoms with Crippen LogP contribution in [0.5, 0.6) is 0 Å². The molecule has 0 bridgehead atoms. The highest BCUT2D eigenvalue weighted by molar-refractivity contribution is 7.92. The number of β-amino-alcohol motifs (C(OH)–C–C–N with tert-alkyl or cyclic N) is 1. The van der Waals surface area contributed by atoms with E-state index in [1.165, 1.54) is 4.31 Å². The van der Waals surface area contributed by atoms with Gasteiger partial charge in [0.1, 0.15) is 0 Å². The first-order chi connectivity index (χ1) is 13.4. The van der Waals surface area contributed by atoms with Gasteiger partial charge in [0.05, 0.1) is 36.4 Å². The zero-order valence-electron chi connectivity index (χ0n) is 16.4. The van der Waals surface area contributed by atoms with E-state index in [9.17, 15) is 13.5 Å². The molecule has 0 saturated carbocycles. The van der Waals surface area contributed by atoms with Gasteiger partial charge in [-0.25, -0.2) is 8.42 Å². The maximum atomic E-state index is 13.3. The summed E-state index contributed by atoms with van der Waals surface area (Å²) in [6.07, 6.45) is -0.806. The van der Waals surface area contributed by atoms with Gasteiger partial charge in [-0.1, -0.05) is 35.4 Å². The Hall–Kier alpha value is -1.93. The molecular weight excluding hydrogens is 376 g/mol. The molecule has 1 heterocycles. The van der Waals surface area contributed by atoms with Crippen LogP contribution in [0.1, 0.15) is 11.1 Å². The number of aliphatic hydroxyl groups excluding tert-OH is 1. The summed E-state index contributed by atoms with van der Waals surface area (Å²) >= 11 is 0. The van der Waals surface area contributed by atoms with Crippen molar-refractivity contribution in [1.82, 2.24) is 4.90 Å². The third kappa shape index (κ3) is 5.11. The molecular formula is C21H28N2O4S. The summed E-state index contributed by atoms with van der Waals surface area (Å²) in [6.45, 7) is 7.03. The zero-order valence-corrected chi connectivity index (χ0v) is 17.2. The Morgan fingerprint density at radius 2 is 1.54 bits per heavy atom. The van der Waals surface area contributed by atoms with E-state index < -0.39 is 16.1 Å². The van der Waals surface area contributed by atoms with Gasteiger partial charge in [0.25, 0.3) is 10.0 Å². The Bertz CT molecular complexity index is 860. The van der Waals surface area contributed by atoms with Crippen molar-refractivity contribution >= 4 is 15.7 Å². The first-order valence-electron chi connectivity index (χ1n) is 9.50. The van der Waals surface area contributed by atoms with Gasteiger partial charge in [-0.15, -0.1) is 0 Å². The smallest absolute Gasteiger partial charge is 0.264 e. The number of benzene rings is 2. The molecule has 6 nitrogen and oxygen atoms in total. The fraction of sp³-hybridized carbons (Fsp3) is 0.429. The van der Waals surface area contributed by atoms with E-state index in [1.807, 2.05) is 26.0 Å². The van der Waals surface area contributed by atoms with Gasteiger partial charge in [-0.3, -0.25) is 9.21 Å². The molecule has 0 amide bonds. The lowest BCUT2D eigenvalue weighted by atomic mass is 10.2. The fourth-order valence-electron chi connectivity index (χ4n) is 3.22. The van der Waals surface area contributed by atoms with Gasteiger partial charge in [0.15, 0.2) is 0 Å². The number of rotatable bonds is 7. The Kier molecular flexibility index (Phi) is 6.72. The number of hydrogen-bond donors (Lipinski definition) is 1. The maximum Gasteiger partial charge on any atom is 0.264 e. The summed E-state index contributed by atoms with van der Waals surface area (Å²) in [5.74, 6) is 0. The Labute approximate surface area is 167 Å². The maximum absolute atomic E-state index is 13.3. The summed E-state index contributed by atoms with van der Waals surface area (Å²) in [5.41, 5.74) is 2.59. The SMILES string of the molecule is Cc1ccc(N(CC(O)CN2CCOCC2)S(=O)(=O)c2ccc(C)cc2)cc1. The van der Waals surface area contributed by atoms with Crippen molar-refractivity contribution in [1.29, 1.82) is 0 Å². The molecule has 1 N–H and O–H groups in total. The van der Waals surface area contributed by atoms with E-state index in [4.69, 9.17) is 4.74 Å². The molecule has 1 saturated heterocycles. The second kappa shape index (κ2) is 9.05. The number of sulfonamides is 1. The van der Waals surface area contributed by atoms with Crippen molar-refractivity contribution in [2.24, 2.45) is 0 Å². The number of aliphatic hydroxyl groups is 1. The van der Waals surface area contributed by atoms with Crippen LogP contribution >= 0.6 is 0 Å². The van der Waals surface area contributed by atoms with E-state index in [0.717, 1.165) is 24.2 Å². The van der Waals surface area contributed by atoms with Crippen LogP contribution in [-0.4, -0.2) is 63.9 Å². The van der Waals surface area contributed by atoms with E-state index in [2.05, 4.69) is 4.90 Å². The monoisotopic (exact) mass is 404 g/mol. The van der Waals surface area contributed by atoms with Crippen LogP contribution in [0.25, 0.3) is 0 Å². The molecule has 0 radical (unpaired) electrons.